The Labute approximate surface area is 153 Å². The van der Waals surface area contributed by atoms with Crippen molar-refractivity contribution in [1.82, 2.24) is 9.78 Å². The zero-order valence-electron chi connectivity index (χ0n) is 16.6. The van der Waals surface area contributed by atoms with Gasteiger partial charge in [0.05, 0.1) is 12.8 Å². The van der Waals surface area contributed by atoms with Crippen LogP contribution in [0.5, 0.6) is 0 Å². The van der Waals surface area contributed by atoms with Gasteiger partial charge >= 0.3 is 18.2 Å². The van der Waals surface area contributed by atoms with Crippen LogP contribution in [0.2, 0.25) is 0 Å². The number of nitrogens with zero attached hydrogens (tertiary/aromatic N) is 3. The monoisotopic (exact) mass is 369 g/mol. The lowest BCUT2D eigenvalue weighted by Crippen LogP contribution is -2.45. The van der Waals surface area contributed by atoms with Crippen LogP contribution >= 0.6 is 0 Å². The first-order valence-corrected chi connectivity index (χ1v) is 8.22. The van der Waals surface area contributed by atoms with Gasteiger partial charge in [-0.25, -0.2) is 14.4 Å². The molecule has 0 aromatic carbocycles. The van der Waals surface area contributed by atoms with Crippen molar-refractivity contribution in [3.63, 3.8) is 0 Å². The van der Waals surface area contributed by atoms with Gasteiger partial charge in [-0.15, -0.1) is 0 Å². The third-order valence-electron chi connectivity index (χ3n) is 2.77. The lowest BCUT2D eigenvalue weighted by atomic mass is 10.2. The molecule has 0 atom stereocenters. The number of hydrogen-bond acceptors (Lipinski definition) is 7. The molecule has 0 aliphatic carbocycles. The van der Waals surface area contributed by atoms with Crippen molar-refractivity contribution in [2.24, 2.45) is 7.05 Å². The van der Waals surface area contributed by atoms with E-state index in [0.29, 0.717) is 4.90 Å². The van der Waals surface area contributed by atoms with E-state index in [-0.39, 0.29) is 18.0 Å². The summed E-state index contributed by atoms with van der Waals surface area (Å²) in [5.41, 5.74) is -1.77. The van der Waals surface area contributed by atoms with E-state index >= 15 is 0 Å². The molecule has 1 aromatic rings. The van der Waals surface area contributed by atoms with E-state index < -0.39 is 29.4 Å². The summed E-state index contributed by atoms with van der Waals surface area (Å²) in [6.07, 6.45) is -0.753. The molecule has 1 aromatic heterocycles. The fourth-order valence-electron chi connectivity index (χ4n) is 1.91. The van der Waals surface area contributed by atoms with Crippen molar-refractivity contribution in [3.05, 3.63) is 11.8 Å². The molecule has 9 nitrogen and oxygen atoms in total. The summed E-state index contributed by atoms with van der Waals surface area (Å²) >= 11 is 0. The zero-order chi connectivity index (χ0) is 20.3. The van der Waals surface area contributed by atoms with Gasteiger partial charge in [0.2, 0.25) is 0 Å². The number of amides is 2. The largest absolute Gasteiger partial charge is 0.462 e. The van der Waals surface area contributed by atoms with Gasteiger partial charge in [-0.05, 0) is 48.5 Å². The van der Waals surface area contributed by atoms with E-state index in [4.69, 9.17) is 14.2 Å². The second-order valence-corrected chi connectivity index (χ2v) is 7.52. The topological polar surface area (TPSA) is 100.0 Å². The average molecular weight is 369 g/mol. The molecule has 0 aliphatic rings. The lowest BCUT2D eigenvalue weighted by Gasteiger charge is -2.28. The van der Waals surface area contributed by atoms with Gasteiger partial charge in [0, 0.05) is 7.05 Å². The van der Waals surface area contributed by atoms with Crippen LogP contribution in [0.15, 0.2) is 6.20 Å². The van der Waals surface area contributed by atoms with E-state index in [1.165, 1.54) is 17.9 Å². The minimum Gasteiger partial charge on any atom is -0.462 e. The fourth-order valence-corrected chi connectivity index (χ4v) is 1.91. The number of esters is 1. The third-order valence-corrected chi connectivity index (χ3v) is 2.77. The number of aromatic nitrogens is 2. The standard InChI is InChI=1S/C17H27N3O6/c1-9-24-13(21)11-10-18-19(8)12(11)20(14(22)25-16(2,3)4)15(23)26-17(5,6)7/h10H,9H2,1-8H3. The van der Waals surface area contributed by atoms with Crippen LogP contribution in [0.4, 0.5) is 15.4 Å². The van der Waals surface area contributed by atoms with Crippen LogP contribution in [0.25, 0.3) is 0 Å². The Kier molecular flexibility index (Phi) is 6.40. The molecule has 9 heteroatoms. The van der Waals surface area contributed by atoms with Crippen molar-refractivity contribution < 1.29 is 28.6 Å². The highest BCUT2D eigenvalue weighted by atomic mass is 16.6. The molecule has 0 radical (unpaired) electrons. The summed E-state index contributed by atoms with van der Waals surface area (Å²) in [6.45, 7) is 11.7. The SMILES string of the molecule is CCOC(=O)c1cnn(C)c1N(C(=O)OC(C)(C)C)C(=O)OC(C)(C)C. The van der Waals surface area contributed by atoms with Crippen molar-refractivity contribution >= 4 is 24.0 Å². The second-order valence-electron chi connectivity index (χ2n) is 7.52. The summed E-state index contributed by atoms with van der Waals surface area (Å²) in [5.74, 6) is -0.806. The molecule has 1 heterocycles. The predicted molar refractivity (Wildman–Crippen MR) is 94.1 cm³/mol. The summed E-state index contributed by atoms with van der Waals surface area (Å²) in [7, 11) is 1.49. The second kappa shape index (κ2) is 7.76. The van der Waals surface area contributed by atoms with Crippen LogP contribution in [-0.2, 0) is 21.3 Å². The van der Waals surface area contributed by atoms with Crippen molar-refractivity contribution in [2.45, 2.75) is 59.7 Å². The number of carbonyl (C=O) groups is 3. The lowest BCUT2D eigenvalue weighted by molar-refractivity contribution is 0.0427. The van der Waals surface area contributed by atoms with Gasteiger partial charge in [0.25, 0.3) is 0 Å². The van der Waals surface area contributed by atoms with Gasteiger partial charge in [0.15, 0.2) is 5.82 Å². The normalized spacial score (nSPS) is 11.7. The van der Waals surface area contributed by atoms with Crippen LogP contribution in [0.1, 0.15) is 58.8 Å². The van der Waals surface area contributed by atoms with E-state index in [2.05, 4.69) is 5.10 Å². The highest BCUT2D eigenvalue weighted by Gasteiger charge is 2.37. The maximum atomic E-state index is 12.7. The summed E-state index contributed by atoms with van der Waals surface area (Å²) in [5, 5.41) is 3.96. The van der Waals surface area contributed by atoms with E-state index in [1.807, 2.05) is 0 Å². The van der Waals surface area contributed by atoms with Crippen molar-refractivity contribution in [1.29, 1.82) is 0 Å². The minimum absolute atomic E-state index is 0.0499. The molecule has 0 N–H and O–H groups in total. The van der Waals surface area contributed by atoms with E-state index in [9.17, 15) is 14.4 Å². The van der Waals surface area contributed by atoms with Gasteiger partial charge in [0.1, 0.15) is 16.8 Å². The average Bonchev–Trinajstić information content (AvgIpc) is 2.77. The fraction of sp³-hybridized carbons (Fsp3) is 0.647. The predicted octanol–water partition coefficient (Wildman–Crippen LogP) is 3.27. The first kappa shape index (κ1) is 21.5. The number of carbonyl (C=O) groups excluding carboxylic acids is 3. The quantitative estimate of drug-likeness (QED) is 0.595. The molecule has 0 fully saturated rings. The highest BCUT2D eigenvalue weighted by Crippen LogP contribution is 2.25. The molecular weight excluding hydrogens is 342 g/mol. The molecule has 0 saturated heterocycles. The summed E-state index contributed by atoms with van der Waals surface area (Å²) < 4.78 is 16.8. The van der Waals surface area contributed by atoms with Crippen molar-refractivity contribution in [2.75, 3.05) is 11.5 Å². The Morgan fingerprint density at radius 3 is 1.88 bits per heavy atom. The smallest absolute Gasteiger partial charge is 0.425 e. The van der Waals surface area contributed by atoms with E-state index in [1.54, 1.807) is 48.5 Å². The Balaban J connectivity index is 3.42. The molecule has 1 rings (SSSR count). The van der Waals surface area contributed by atoms with Crippen LogP contribution in [0, 0.1) is 0 Å². The number of rotatable bonds is 3. The van der Waals surface area contributed by atoms with Crippen LogP contribution < -0.4 is 4.90 Å². The molecule has 0 bridgehead atoms. The number of anilines is 1. The maximum absolute atomic E-state index is 12.7. The van der Waals surface area contributed by atoms with E-state index in [0.717, 1.165) is 0 Å². The molecule has 0 saturated carbocycles. The molecule has 26 heavy (non-hydrogen) atoms. The number of hydrogen-bond donors (Lipinski definition) is 0. The summed E-state index contributed by atoms with van der Waals surface area (Å²) in [6, 6.07) is 0. The van der Waals surface area contributed by atoms with Gasteiger partial charge in [-0.2, -0.15) is 10.00 Å². The molecule has 0 unspecified atom stereocenters. The van der Waals surface area contributed by atoms with Crippen molar-refractivity contribution in [3.8, 4) is 0 Å². The van der Waals surface area contributed by atoms with Crippen LogP contribution in [-0.4, -0.2) is 45.7 Å². The molecule has 146 valence electrons. The number of aryl methyl sites for hydroxylation is 1. The summed E-state index contributed by atoms with van der Waals surface area (Å²) in [4.78, 5) is 38.2. The van der Waals surface area contributed by atoms with Gasteiger partial charge in [-0.1, -0.05) is 0 Å². The Bertz CT molecular complexity index is 654. The Morgan fingerprint density at radius 2 is 1.50 bits per heavy atom. The third kappa shape index (κ3) is 5.75. The van der Waals surface area contributed by atoms with Gasteiger partial charge in [-0.3, -0.25) is 4.68 Å². The first-order valence-electron chi connectivity index (χ1n) is 8.22. The van der Waals surface area contributed by atoms with Gasteiger partial charge < -0.3 is 14.2 Å². The maximum Gasteiger partial charge on any atom is 0.425 e. The molecule has 0 spiro atoms. The Morgan fingerprint density at radius 1 is 1.04 bits per heavy atom. The molecule has 2 amide bonds. The minimum atomic E-state index is -0.985. The van der Waals surface area contributed by atoms with Crippen LogP contribution in [0.3, 0.4) is 0 Å². The molecular formula is C17H27N3O6. The number of ether oxygens (including phenoxy) is 3. The Hall–Kier alpha value is -2.58. The number of imide groups is 1. The highest BCUT2D eigenvalue weighted by molar-refractivity contribution is 6.12. The molecule has 0 aliphatic heterocycles. The zero-order valence-corrected chi connectivity index (χ0v) is 16.6. The first-order chi connectivity index (χ1) is 11.8.